The molecule has 164 valence electrons. The summed E-state index contributed by atoms with van der Waals surface area (Å²) in [5, 5.41) is 6.20. The van der Waals surface area contributed by atoms with Crippen molar-refractivity contribution in [2.75, 3.05) is 0 Å². The molecular weight excluding hydrogens is 409 g/mol. The quantitative estimate of drug-likeness (QED) is 0.729. The second kappa shape index (κ2) is 7.44. The Morgan fingerprint density at radius 2 is 2.00 bits per heavy atom. The van der Waals surface area contributed by atoms with E-state index in [1.54, 1.807) is 12.3 Å². The smallest absolute Gasteiger partial charge is 0.344 e. The topological polar surface area (TPSA) is 85.3 Å². The van der Waals surface area contributed by atoms with E-state index in [9.17, 15) is 26.7 Å². The van der Waals surface area contributed by atoms with Crippen molar-refractivity contribution in [3.63, 3.8) is 0 Å². The zero-order valence-corrected chi connectivity index (χ0v) is 16.0. The Morgan fingerprint density at radius 3 is 2.63 bits per heavy atom. The van der Waals surface area contributed by atoms with Gasteiger partial charge in [-0.1, -0.05) is 0 Å². The van der Waals surface area contributed by atoms with Crippen LogP contribution in [0.1, 0.15) is 49.4 Å². The Morgan fingerprint density at radius 1 is 1.30 bits per heavy atom. The maximum absolute atomic E-state index is 13.4. The number of fused-ring (bicyclic) bond motifs is 1. The van der Waals surface area contributed by atoms with E-state index in [0.717, 1.165) is 0 Å². The highest BCUT2D eigenvalue weighted by Crippen LogP contribution is 2.40. The molecule has 2 aromatic heterocycles. The standard InChI is InChI=1S/C19H22F5N5O/c20-18(21)3-1-11(2-4-18)16(25)13-9-29-15(27-13)6-10(8-26-29)5-12-7-14(19(22,23)24)28-17(12)30/h6,8-9,11-12,14,16H,1-5,7,25H2,(H,28,30)/t12-,14-,16-/m0/s1. The lowest BCUT2D eigenvalue weighted by molar-refractivity contribution is -0.154. The van der Waals surface area contributed by atoms with Gasteiger partial charge in [-0.15, -0.1) is 0 Å². The molecule has 30 heavy (non-hydrogen) atoms. The van der Waals surface area contributed by atoms with Crippen molar-refractivity contribution >= 4 is 11.6 Å². The molecule has 11 heteroatoms. The van der Waals surface area contributed by atoms with Crippen LogP contribution in [0.5, 0.6) is 0 Å². The number of carbonyl (C=O) groups is 1. The number of carbonyl (C=O) groups excluding carboxylic acids is 1. The molecule has 2 aromatic rings. The number of hydrogen-bond acceptors (Lipinski definition) is 4. The molecule has 1 saturated carbocycles. The van der Waals surface area contributed by atoms with E-state index in [0.29, 0.717) is 29.7 Å². The van der Waals surface area contributed by atoms with Gasteiger partial charge in [-0.3, -0.25) is 4.79 Å². The molecule has 2 aliphatic rings. The molecule has 6 nitrogen and oxygen atoms in total. The van der Waals surface area contributed by atoms with E-state index in [-0.39, 0.29) is 31.6 Å². The largest absolute Gasteiger partial charge is 0.408 e. The summed E-state index contributed by atoms with van der Waals surface area (Å²) >= 11 is 0. The Labute approximate surface area is 169 Å². The molecule has 0 aromatic carbocycles. The second-order valence-electron chi connectivity index (χ2n) is 8.29. The monoisotopic (exact) mass is 431 g/mol. The van der Waals surface area contributed by atoms with E-state index in [2.05, 4.69) is 10.1 Å². The second-order valence-corrected chi connectivity index (χ2v) is 8.29. The first kappa shape index (κ1) is 21.0. The SMILES string of the molecule is N[C@H](c1cn2ncc(C[C@H]3C[C@@H](C(F)(F)F)NC3=O)cc2n1)C1CCC(F)(F)CC1. The van der Waals surface area contributed by atoms with E-state index >= 15 is 0 Å². The Kier molecular flexibility index (Phi) is 5.19. The van der Waals surface area contributed by atoms with Crippen LogP contribution < -0.4 is 11.1 Å². The zero-order valence-electron chi connectivity index (χ0n) is 16.0. The number of nitrogens with one attached hydrogen (secondary N) is 1. The lowest BCUT2D eigenvalue weighted by atomic mass is 9.81. The van der Waals surface area contributed by atoms with Gasteiger partial charge in [0.2, 0.25) is 11.8 Å². The summed E-state index contributed by atoms with van der Waals surface area (Å²) in [5.74, 6) is -4.15. The van der Waals surface area contributed by atoms with E-state index in [1.807, 2.05) is 5.32 Å². The van der Waals surface area contributed by atoms with Crippen molar-refractivity contribution < 1.29 is 26.7 Å². The summed E-state index contributed by atoms with van der Waals surface area (Å²) in [5.41, 5.74) is 7.83. The first-order valence-corrected chi connectivity index (χ1v) is 9.86. The molecule has 0 unspecified atom stereocenters. The van der Waals surface area contributed by atoms with Gasteiger partial charge in [0, 0.05) is 18.8 Å². The highest BCUT2D eigenvalue weighted by atomic mass is 19.4. The minimum Gasteiger partial charge on any atom is -0.344 e. The molecule has 3 N–H and O–H groups in total. The average Bonchev–Trinajstić information content (AvgIpc) is 3.24. The summed E-state index contributed by atoms with van der Waals surface area (Å²) in [6, 6.07) is -0.670. The molecule has 3 atom stereocenters. The van der Waals surface area contributed by atoms with Gasteiger partial charge in [-0.25, -0.2) is 18.3 Å². The third-order valence-corrected chi connectivity index (χ3v) is 6.09. The normalized spacial score (nSPS) is 26.1. The summed E-state index contributed by atoms with van der Waals surface area (Å²) in [6.45, 7) is 0. The van der Waals surface area contributed by atoms with Gasteiger partial charge >= 0.3 is 6.18 Å². The average molecular weight is 431 g/mol. The summed E-state index contributed by atoms with van der Waals surface area (Å²) in [7, 11) is 0. The lowest BCUT2D eigenvalue weighted by Crippen LogP contribution is -2.38. The van der Waals surface area contributed by atoms with Crippen molar-refractivity contribution in [3.8, 4) is 0 Å². The predicted molar refractivity (Wildman–Crippen MR) is 96.6 cm³/mol. The Balaban J connectivity index is 1.46. The Hall–Kier alpha value is -2.30. The number of amides is 1. The zero-order chi connectivity index (χ0) is 21.7. The lowest BCUT2D eigenvalue weighted by Gasteiger charge is -2.31. The van der Waals surface area contributed by atoms with Crippen molar-refractivity contribution in [3.05, 3.63) is 29.7 Å². The van der Waals surface area contributed by atoms with Crippen LogP contribution in [0.3, 0.4) is 0 Å². The van der Waals surface area contributed by atoms with Crippen LogP contribution in [-0.2, 0) is 11.2 Å². The van der Waals surface area contributed by atoms with Crippen LogP contribution in [0.25, 0.3) is 5.65 Å². The predicted octanol–water partition coefficient (Wildman–Crippen LogP) is 3.16. The van der Waals surface area contributed by atoms with Crippen LogP contribution in [0, 0.1) is 11.8 Å². The van der Waals surface area contributed by atoms with Crippen molar-refractivity contribution in [2.45, 2.75) is 62.7 Å². The molecule has 1 amide bonds. The molecule has 2 fully saturated rings. The van der Waals surface area contributed by atoms with Crippen molar-refractivity contribution in [2.24, 2.45) is 17.6 Å². The summed E-state index contributed by atoms with van der Waals surface area (Å²) in [6.07, 6.45) is -1.29. The van der Waals surface area contributed by atoms with Gasteiger partial charge < -0.3 is 11.1 Å². The van der Waals surface area contributed by atoms with Crippen molar-refractivity contribution in [1.29, 1.82) is 0 Å². The van der Waals surface area contributed by atoms with Gasteiger partial charge in [-0.05, 0) is 43.2 Å². The number of aromatic nitrogens is 3. The minimum atomic E-state index is -4.47. The van der Waals surface area contributed by atoms with Gasteiger partial charge in [0.1, 0.15) is 6.04 Å². The summed E-state index contributed by atoms with van der Waals surface area (Å²) < 4.78 is 66.8. The van der Waals surface area contributed by atoms with Crippen LogP contribution in [0.15, 0.2) is 18.5 Å². The van der Waals surface area contributed by atoms with Crippen molar-refractivity contribution in [1.82, 2.24) is 19.9 Å². The minimum absolute atomic E-state index is 0.101. The molecular formula is C19H22F5N5O. The number of imidazole rings is 1. The van der Waals surface area contributed by atoms with Crippen LogP contribution in [0.2, 0.25) is 0 Å². The maximum Gasteiger partial charge on any atom is 0.408 e. The van der Waals surface area contributed by atoms with E-state index in [4.69, 9.17) is 5.73 Å². The number of nitrogens with two attached hydrogens (primary N) is 1. The number of halogens is 5. The molecule has 1 aliphatic heterocycles. The third kappa shape index (κ3) is 4.26. The van der Waals surface area contributed by atoms with Crippen LogP contribution >= 0.6 is 0 Å². The first-order valence-electron chi connectivity index (χ1n) is 9.86. The first-order chi connectivity index (χ1) is 14.0. The highest BCUT2D eigenvalue weighted by molar-refractivity contribution is 5.81. The van der Waals surface area contributed by atoms with Gasteiger partial charge in [0.15, 0.2) is 5.65 Å². The highest BCUT2D eigenvalue weighted by Gasteiger charge is 2.47. The fourth-order valence-corrected chi connectivity index (χ4v) is 4.29. The third-order valence-electron chi connectivity index (χ3n) is 6.09. The van der Waals surface area contributed by atoms with Crippen LogP contribution in [-0.4, -0.2) is 38.6 Å². The fraction of sp³-hybridized carbons (Fsp3) is 0.632. The number of rotatable bonds is 4. The molecule has 1 aliphatic carbocycles. The fourth-order valence-electron chi connectivity index (χ4n) is 4.29. The van der Waals surface area contributed by atoms with Gasteiger partial charge in [0.25, 0.3) is 0 Å². The summed E-state index contributed by atoms with van der Waals surface area (Å²) in [4.78, 5) is 16.3. The number of alkyl halides is 5. The van der Waals surface area contributed by atoms with E-state index in [1.165, 1.54) is 10.7 Å². The molecule has 3 heterocycles. The molecule has 0 radical (unpaired) electrons. The van der Waals surface area contributed by atoms with Gasteiger partial charge in [-0.2, -0.15) is 18.3 Å². The number of hydrogen-bond donors (Lipinski definition) is 2. The molecule has 0 bridgehead atoms. The molecule has 1 saturated heterocycles. The van der Waals surface area contributed by atoms with Crippen LogP contribution in [0.4, 0.5) is 22.0 Å². The van der Waals surface area contributed by atoms with E-state index < -0.39 is 36.0 Å². The maximum atomic E-state index is 13.4. The molecule has 0 spiro atoms. The molecule has 4 rings (SSSR count). The number of nitrogens with zero attached hydrogens (tertiary/aromatic N) is 3. The van der Waals surface area contributed by atoms with Gasteiger partial charge in [0.05, 0.1) is 24.1 Å². The Bertz CT molecular complexity index is 933.